The molecule has 2 atom stereocenters. The third-order valence-electron chi connectivity index (χ3n) is 4.30. The second-order valence-electron chi connectivity index (χ2n) is 5.70. The van der Waals surface area contributed by atoms with Crippen LogP contribution >= 0.6 is 0 Å². The Kier molecular flexibility index (Phi) is 3.53. The van der Waals surface area contributed by atoms with Crippen molar-refractivity contribution >= 4 is 5.91 Å². The number of nitrogens with one attached hydrogen (secondary N) is 1. The van der Waals surface area contributed by atoms with E-state index < -0.39 is 0 Å². The van der Waals surface area contributed by atoms with Gasteiger partial charge in [0.2, 0.25) is 5.91 Å². The van der Waals surface area contributed by atoms with E-state index in [-0.39, 0.29) is 23.5 Å². The van der Waals surface area contributed by atoms with E-state index in [1.807, 2.05) is 0 Å². The molecule has 0 saturated heterocycles. The molecule has 1 amide bonds. The molecule has 0 spiro atoms. The van der Waals surface area contributed by atoms with E-state index >= 15 is 0 Å². The molecule has 2 saturated carbocycles. The van der Waals surface area contributed by atoms with Gasteiger partial charge in [-0.05, 0) is 25.7 Å². The van der Waals surface area contributed by atoms with Crippen LogP contribution < -0.4 is 5.32 Å². The number of aliphatic hydroxyl groups is 1. The highest BCUT2D eigenvalue weighted by Gasteiger charge is 2.38. The van der Waals surface area contributed by atoms with Gasteiger partial charge >= 0.3 is 0 Å². The molecule has 3 nitrogen and oxygen atoms in total. The predicted molar refractivity (Wildman–Crippen MR) is 63.0 cm³/mol. The zero-order valence-electron chi connectivity index (χ0n) is 10.2. The third kappa shape index (κ3) is 2.40. The Hall–Kier alpha value is -0.570. The van der Waals surface area contributed by atoms with Crippen LogP contribution in [0.15, 0.2) is 0 Å². The molecule has 0 bridgehead atoms. The van der Waals surface area contributed by atoms with E-state index in [0.717, 1.165) is 51.4 Å². The van der Waals surface area contributed by atoms with E-state index in [0.29, 0.717) is 0 Å². The quantitative estimate of drug-likeness (QED) is 0.755. The molecule has 92 valence electrons. The van der Waals surface area contributed by atoms with Crippen molar-refractivity contribution in [2.75, 3.05) is 0 Å². The highest BCUT2D eigenvalue weighted by molar-refractivity contribution is 5.82. The van der Waals surface area contributed by atoms with E-state index in [9.17, 15) is 9.90 Å². The molecule has 2 aliphatic rings. The lowest BCUT2D eigenvalue weighted by atomic mass is 9.86. The fourth-order valence-electron chi connectivity index (χ4n) is 3.00. The Balaban J connectivity index is 1.90. The van der Waals surface area contributed by atoms with Gasteiger partial charge in [-0.25, -0.2) is 0 Å². The average Bonchev–Trinajstić information content (AvgIpc) is 2.70. The van der Waals surface area contributed by atoms with Crippen molar-refractivity contribution in [3.63, 3.8) is 0 Å². The topological polar surface area (TPSA) is 49.3 Å². The Labute approximate surface area is 97.6 Å². The predicted octanol–water partition coefficient (Wildman–Crippen LogP) is 1.99. The molecular weight excluding hydrogens is 202 g/mol. The lowest BCUT2D eigenvalue weighted by Gasteiger charge is -2.32. The highest BCUT2D eigenvalue weighted by atomic mass is 16.3. The Bertz CT molecular complexity index is 259. The second-order valence-corrected chi connectivity index (χ2v) is 5.70. The van der Waals surface area contributed by atoms with Crippen LogP contribution in [0.5, 0.6) is 0 Å². The molecule has 16 heavy (non-hydrogen) atoms. The summed E-state index contributed by atoms with van der Waals surface area (Å²) in [6.45, 7) is 2.06. The first-order valence-corrected chi connectivity index (χ1v) is 6.61. The SMILES string of the molecule is CC1(C(=O)N[C@@H]2CCCC[C@H]2O)CCCC1. The first-order valence-electron chi connectivity index (χ1n) is 6.61. The van der Waals surface area contributed by atoms with Gasteiger partial charge in [0.25, 0.3) is 0 Å². The standard InChI is InChI=1S/C13H23NO2/c1-13(8-4-5-9-13)12(16)14-10-6-2-3-7-11(10)15/h10-11,15H,2-9H2,1H3,(H,14,16)/t10-,11-/m1/s1. The first kappa shape index (κ1) is 11.9. The molecule has 0 aliphatic heterocycles. The van der Waals surface area contributed by atoms with Gasteiger partial charge in [0, 0.05) is 5.41 Å². The molecular formula is C13H23NO2. The normalized spacial score (nSPS) is 33.6. The number of hydrogen-bond donors (Lipinski definition) is 2. The second kappa shape index (κ2) is 4.74. The van der Waals surface area contributed by atoms with Crippen LogP contribution in [0.3, 0.4) is 0 Å². The minimum absolute atomic E-state index is 0.00123. The molecule has 0 heterocycles. The summed E-state index contributed by atoms with van der Waals surface area (Å²) >= 11 is 0. The van der Waals surface area contributed by atoms with Crippen LogP contribution in [0.1, 0.15) is 58.3 Å². The first-order chi connectivity index (χ1) is 7.62. The highest BCUT2D eigenvalue weighted by Crippen LogP contribution is 2.38. The Morgan fingerprint density at radius 3 is 2.44 bits per heavy atom. The molecule has 2 N–H and O–H groups in total. The summed E-state index contributed by atoms with van der Waals surface area (Å²) in [4.78, 5) is 12.2. The van der Waals surface area contributed by atoms with Crippen LogP contribution in [0.4, 0.5) is 0 Å². The molecule has 2 rings (SSSR count). The fourth-order valence-corrected chi connectivity index (χ4v) is 3.00. The summed E-state index contributed by atoms with van der Waals surface area (Å²) in [5.41, 5.74) is -0.169. The summed E-state index contributed by atoms with van der Waals surface area (Å²) in [6.07, 6.45) is 7.98. The molecule has 2 aliphatic carbocycles. The van der Waals surface area contributed by atoms with E-state index in [4.69, 9.17) is 0 Å². The summed E-state index contributed by atoms with van der Waals surface area (Å²) < 4.78 is 0. The van der Waals surface area contributed by atoms with Gasteiger partial charge < -0.3 is 10.4 Å². The van der Waals surface area contributed by atoms with E-state index in [1.165, 1.54) is 0 Å². The van der Waals surface area contributed by atoms with Crippen LogP contribution in [0, 0.1) is 5.41 Å². The number of carbonyl (C=O) groups is 1. The molecule has 2 fully saturated rings. The van der Waals surface area contributed by atoms with Crippen molar-refractivity contribution in [3.8, 4) is 0 Å². The van der Waals surface area contributed by atoms with Crippen molar-refractivity contribution < 1.29 is 9.90 Å². The van der Waals surface area contributed by atoms with Crippen molar-refractivity contribution in [1.29, 1.82) is 0 Å². The van der Waals surface area contributed by atoms with Gasteiger partial charge in [-0.1, -0.05) is 32.6 Å². The zero-order chi connectivity index (χ0) is 11.6. The van der Waals surface area contributed by atoms with Gasteiger partial charge in [0.05, 0.1) is 12.1 Å². The maximum atomic E-state index is 12.2. The van der Waals surface area contributed by atoms with Crippen molar-refractivity contribution in [1.82, 2.24) is 5.32 Å². The summed E-state index contributed by atoms with van der Waals surface area (Å²) in [6, 6.07) is -0.00123. The van der Waals surface area contributed by atoms with Gasteiger partial charge in [0.15, 0.2) is 0 Å². The maximum absolute atomic E-state index is 12.2. The van der Waals surface area contributed by atoms with Crippen LogP contribution in [0.2, 0.25) is 0 Å². The Morgan fingerprint density at radius 2 is 1.81 bits per heavy atom. The smallest absolute Gasteiger partial charge is 0.226 e. The lowest BCUT2D eigenvalue weighted by molar-refractivity contribution is -0.131. The Morgan fingerprint density at radius 1 is 1.19 bits per heavy atom. The summed E-state index contributed by atoms with van der Waals surface area (Å²) in [7, 11) is 0. The van der Waals surface area contributed by atoms with Gasteiger partial charge in [-0.15, -0.1) is 0 Å². The number of rotatable bonds is 2. The minimum Gasteiger partial charge on any atom is -0.391 e. The van der Waals surface area contributed by atoms with Crippen LogP contribution in [-0.2, 0) is 4.79 Å². The van der Waals surface area contributed by atoms with Crippen molar-refractivity contribution in [3.05, 3.63) is 0 Å². The summed E-state index contributed by atoms with van der Waals surface area (Å²) in [5, 5.41) is 12.9. The third-order valence-corrected chi connectivity index (χ3v) is 4.30. The van der Waals surface area contributed by atoms with Crippen molar-refractivity contribution in [2.45, 2.75) is 70.4 Å². The molecule has 3 heteroatoms. The number of hydrogen-bond acceptors (Lipinski definition) is 2. The zero-order valence-corrected chi connectivity index (χ0v) is 10.2. The van der Waals surface area contributed by atoms with Gasteiger partial charge in [-0.3, -0.25) is 4.79 Å². The molecule has 0 aromatic rings. The fraction of sp³-hybridized carbons (Fsp3) is 0.923. The van der Waals surface area contributed by atoms with Crippen LogP contribution in [0.25, 0.3) is 0 Å². The van der Waals surface area contributed by atoms with E-state index in [1.54, 1.807) is 0 Å². The molecule has 0 unspecified atom stereocenters. The molecule has 0 aromatic carbocycles. The average molecular weight is 225 g/mol. The number of carbonyl (C=O) groups excluding carboxylic acids is 1. The monoisotopic (exact) mass is 225 g/mol. The molecule has 0 aromatic heterocycles. The maximum Gasteiger partial charge on any atom is 0.226 e. The van der Waals surface area contributed by atoms with Gasteiger partial charge in [0.1, 0.15) is 0 Å². The van der Waals surface area contributed by atoms with Crippen LogP contribution in [-0.4, -0.2) is 23.2 Å². The lowest BCUT2D eigenvalue weighted by Crippen LogP contribution is -2.49. The van der Waals surface area contributed by atoms with E-state index in [2.05, 4.69) is 12.2 Å². The minimum atomic E-state index is -0.331. The largest absolute Gasteiger partial charge is 0.391 e. The number of amides is 1. The number of aliphatic hydroxyl groups excluding tert-OH is 1. The summed E-state index contributed by atoms with van der Waals surface area (Å²) in [5.74, 6) is 0.163. The molecule has 0 radical (unpaired) electrons. The van der Waals surface area contributed by atoms with Gasteiger partial charge in [-0.2, -0.15) is 0 Å². The van der Waals surface area contributed by atoms with Crippen molar-refractivity contribution in [2.24, 2.45) is 5.41 Å².